The van der Waals surface area contributed by atoms with Gasteiger partial charge in [0, 0.05) is 70.5 Å². The fourth-order valence-corrected chi connectivity index (χ4v) is 4.93. The van der Waals surface area contributed by atoms with Crippen molar-refractivity contribution in [2.45, 2.75) is 32.5 Å². The van der Waals surface area contributed by atoms with Gasteiger partial charge in [0.15, 0.2) is 0 Å². The molecule has 1 fully saturated rings. The number of nitrogens with zero attached hydrogens (tertiary/aromatic N) is 4. The van der Waals surface area contributed by atoms with E-state index in [0.717, 1.165) is 5.56 Å². The highest BCUT2D eigenvalue weighted by molar-refractivity contribution is 6.44. The number of Topliss-reactive ketones (excluding diaryl/α,β-unsaturated/α-hetero) is 1. The summed E-state index contributed by atoms with van der Waals surface area (Å²) >= 11 is 0. The van der Waals surface area contributed by atoms with E-state index in [4.69, 9.17) is 4.74 Å². The number of aromatic nitrogens is 1. The van der Waals surface area contributed by atoms with Crippen molar-refractivity contribution in [3.63, 3.8) is 0 Å². The van der Waals surface area contributed by atoms with Crippen LogP contribution in [-0.4, -0.2) is 83.2 Å². The quantitative estimate of drug-likeness (QED) is 0.377. The zero-order valence-electron chi connectivity index (χ0n) is 22.1. The molecule has 0 saturated carbocycles. The predicted molar refractivity (Wildman–Crippen MR) is 139 cm³/mol. The van der Waals surface area contributed by atoms with Crippen molar-refractivity contribution in [2.75, 3.05) is 34.3 Å². The molecule has 2 heterocycles. The summed E-state index contributed by atoms with van der Waals surface area (Å²) in [5.74, 6) is -1.31. The van der Waals surface area contributed by atoms with E-state index in [2.05, 4.69) is 11.8 Å². The molecule has 1 saturated heterocycles. The number of methoxy groups -OCH3 is 1. The molecule has 2 aromatic carbocycles. The van der Waals surface area contributed by atoms with E-state index in [9.17, 15) is 18.8 Å². The van der Waals surface area contributed by atoms with E-state index >= 15 is 0 Å². The smallest absolute Gasteiger partial charge is 0.294 e. The number of ether oxygens (including phenoxy) is 1. The number of benzene rings is 2. The molecule has 0 bridgehead atoms. The summed E-state index contributed by atoms with van der Waals surface area (Å²) in [6.07, 6.45) is 1.61. The zero-order valence-corrected chi connectivity index (χ0v) is 22.1. The highest BCUT2D eigenvalue weighted by Gasteiger charge is 2.34. The van der Waals surface area contributed by atoms with Crippen molar-refractivity contribution in [1.82, 2.24) is 19.3 Å². The largest absolute Gasteiger partial charge is 0.496 e. The SMILES string of the molecule is COc1cc2c(cc1C(=O)N1C[C@@H](C)N(Cc3ccc(F)cc3)C[C@@H]1C)c(C(=O)C(=O)N(C)C)cn2C. The van der Waals surface area contributed by atoms with Crippen molar-refractivity contribution in [3.8, 4) is 5.75 Å². The second-order valence-corrected chi connectivity index (χ2v) is 9.96. The third-order valence-electron chi connectivity index (χ3n) is 7.06. The number of piperazine rings is 1. The Balaban J connectivity index is 1.63. The number of aryl methyl sites for hydroxylation is 1. The number of ketones is 1. The maximum atomic E-state index is 13.8. The minimum atomic E-state index is -0.629. The molecule has 1 aliphatic rings. The predicted octanol–water partition coefficient (Wildman–Crippen LogP) is 3.33. The van der Waals surface area contributed by atoms with Crippen LogP contribution < -0.4 is 4.74 Å². The second kappa shape index (κ2) is 10.3. The minimum absolute atomic E-state index is 0.0755. The van der Waals surface area contributed by atoms with E-state index in [0.29, 0.717) is 41.9 Å². The minimum Gasteiger partial charge on any atom is -0.496 e. The van der Waals surface area contributed by atoms with Gasteiger partial charge < -0.3 is 19.1 Å². The molecule has 9 heteroatoms. The van der Waals surface area contributed by atoms with E-state index in [1.165, 1.54) is 38.2 Å². The molecule has 0 radical (unpaired) electrons. The van der Waals surface area contributed by atoms with Gasteiger partial charge in [-0.1, -0.05) is 12.1 Å². The Kier molecular flexibility index (Phi) is 7.36. The lowest BCUT2D eigenvalue weighted by Crippen LogP contribution is -2.57. The molecule has 37 heavy (non-hydrogen) atoms. The number of hydrogen-bond donors (Lipinski definition) is 0. The van der Waals surface area contributed by atoms with Gasteiger partial charge >= 0.3 is 0 Å². The van der Waals surface area contributed by atoms with Crippen LogP contribution in [0.1, 0.15) is 40.1 Å². The molecule has 4 rings (SSSR count). The van der Waals surface area contributed by atoms with E-state index in [-0.39, 0.29) is 29.4 Å². The zero-order chi connectivity index (χ0) is 27.0. The average molecular weight is 509 g/mol. The average Bonchev–Trinajstić information content (AvgIpc) is 3.20. The van der Waals surface area contributed by atoms with Crippen LogP contribution >= 0.6 is 0 Å². The first-order valence-electron chi connectivity index (χ1n) is 12.2. The lowest BCUT2D eigenvalue weighted by molar-refractivity contribution is -0.124. The maximum absolute atomic E-state index is 13.8. The molecule has 0 N–H and O–H groups in total. The van der Waals surface area contributed by atoms with Crippen molar-refractivity contribution in [1.29, 1.82) is 0 Å². The number of rotatable bonds is 6. The van der Waals surface area contributed by atoms with Crippen LogP contribution in [0.25, 0.3) is 10.9 Å². The molecule has 0 spiro atoms. The summed E-state index contributed by atoms with van der Waals surface area (Å²) in [4.78, 5) is 44.5. The Hall–Kier alpha value is -3.72. The molecule has 3 aromatic rings. The van der Waals surface area contributed by atoms with Crippen LogP contribution in [0.2, 0.25) is 0 Å². The highest BCUT2D eigenvalue weighted by atomic mass is 19.1. The van der Waals surface area contributed by atoms with E-state index in [1.54, 1.807) is 42.1 Å². The van der Waals surface area contributed by atoms with Crippen molar-refractivity contribution >= 4 is 28.5 Å². The second-order valence-electron chi connectivity index (χ2n) is 9.96. The third-order valence-corrected chi connectivity index (χ3v) is 7.06. The Labute approximate surface area is 216 Å². The van der Waals surface area contributed by atoms with Gasteiger partial charge in [0.1, 0.15) is 11.6 Å². The monoisotopic (exact) mass is 508 g/mol. The molecule has 196 valence electrons. The van der Waals surface area contributed by atoms with Crippen LogP contribution in [-0.2, 0) is 18.4 Å². The number of hydrogen-bond acceptors (Lipinski definition) is 5. The van der Waals surface area contributed by atoms with Gasteiger partial charge in [0.05, 0.1) is 23.8 Å². The van der Waals surface area contributed by atoms with Gasteiger partial charge in [-0.05, 0) is 37.6 Å². The fourth-order valence-electron chi connectivity index (χ4n) is 4.93. The topological polar surface area (TPSA) is 75.1 Å². The Bertz CT molecular complexity index is 1350. The number of amides is 2. The van der Waals surface area contributed by atoms with E-state index in [1.807, 2.05) is 11.8 Å². The van der Waals surface area contributed by atoms with Gasteiger partial charge in [-0.15, -0.1) is 0 Å². The normalized spacial score (nSPS) is 18.2. The fraction of sp³-hybridized carbons (Fsp3) is 0.393. The standard InChI is InChI=1S/C28H33FN4O4/c1-17-14-33(18(2)13-32(17)15-19-7-9-20(29)10-8-19)27(35)22-11-21-23(26(34)28(36)30(3)4)16-31(5)24(21)12-25(22)37-6/h7-12,16-18H,13-15H2,1-6H3/t17-,18+/m1/s1. The Morgan fingerprint density at radius 2 is 1.70 bits per heavy atom. The number of fused-ring (bicyclic) bond motifs is 1. The summed E-state index contributed by atoms with van der Waals surface area (Å²) < 4.78 is 20.6. The van der Waals surface area contributed by atoms with E-state index < -0.39 is 11.7 Å². The summed E-state index contributed by atoms with van der Waals surface area (Å²) in [5, 5.41) is 0.530. The van der Waals surface area contributed by atoms with Crippen LogP contribution in [0.15, 0.2) is 42.6 Å². The lowest BCUT2D eigenvalue weighted by atomic mass is 10.0. The van der Waals surface area contributed by atoms with Crippen molar-refractivity contribution < 1.29 is 23.5 Å². The molecular formula is C28H33FN4O4. The number of carbonyl (C=O) groups is 3. The summed E-state index contributed by atoms with van der Waals surface area (Å²) in [6, 6.07) is 9.87. The van der Waals surface area contributed by atoms with Gasteiger partial charge in [-0.3, -0.25) is 19.3 Å². The Morgan fingerprint density at radius 3 is 2.32 bits per heavy atom. The van der Waals surface area contributed by atoms with Crippen LogP contribution in [0.3, 0.4) is 0 Å². The molecule has 8 nitrogen and oxygen atoms in total. The summed E-state index contributed by atoms with van der Waals surface area (Å²) in [7, 11) is 6.35. The first kappa shape index (κ1) is 26.3. The highest BCUT2D eigenvalue weighted by Crippen LogP contribution is 2.32. The first-order valence-corrected chi connectivity index (χ1v) is 12.2. The third kappa shape index (κ3) is 5.09. The van der Waals surface area contributed by atoms with Gasteiger partial charge in [-0.2, -0.15) is 0 Å². The van der Waals surface area contributed by atoms with Crippen molar-refractivity contribution in [3.05, 3.63) is 65.1 Å². The number of carbonyl (C=O) groups excluding carboxylic acids is 3. The van der Waals surface area contributed by atoms with Crippen LogP contribution in [0.5, 0.6) is 5.75 Å². The molecule has 0 unspecified atom stereocenters. The molecule has 1 aliphatic heterocycles. The molecule has 2 amide bonds. The lowest BCUT2D eigenvalue weighted by Gasteiger charge is -2.44. The number of likely N-dealkylation sites (N-methyl/N-ethyl adjacent to an activating group) is 1. The van der Waals surface area contributed by atoms with Gasteiger partial charge in [-0.25, -0.2) is 4.39 Å². The number of halogens is 1. The molecular weight excluding hydrogens is 475 g/mol. The van der Waals surface area contributed by atoms with Gasteiger partial charge in [0.25, 0.3) is 17.6 Å². The first-order chi connectivity index (χ1) is 17.5. The summed E-state index contributed by atoms with van der Waals surface area (Å²) in [6.45, 7) is 5.89. The van der Waals surface area contributed by atoms with Crippen LogP contribution in [0.4, 0.5) is 4.39 Å². The molecule has 1 aromatic heterocycles. The van der Waals surface area contributed by atoms with Gasteiger partial charge in [0.2, 0.25) is 0 Å². The molecule has 2 atom stereocenters. The summed E-state index contributed by atoms with van der Waals surface area (Å²) in [5.41, 5.74) is 2.30. The molecule has 0 aliphatic carbocycles. The Morgan fingerprint density at radius 1 is 1.03 bits per heavy atom. The van der Waals surface area contributed by atoms with Crippen LogP contribution in [0, 0.1) is 5.82 Å². The van der Waals surface area contributed by atoms with Crippen molar-refractivity contribution in [2.24, 2.45) is 7.05 Å². The maximum Gasteiger partial charge on any atom is 0.294 e.